The predicted molar refractivity (Wildman–Crippen MR) is 91.4 cm³/mol. The number of rotatable bonds is 2. The van der Waals surface area contributed by atoms with Crippen molar-refractivity contribution in [3.63, 3.8) is 0 Å². The number of hydrogen-bond acceptors (Lipinski definition) is 4. The molecule has 3 heterocycles. The van der Waals surface area contributed by atoms with E-state index in [0.717, 1.165) is 25.9 Å². The lowest BCUT2D eigenvalue weighted by Crippen LogP contribution is -2.51. The third kappa shape index (κ3) is 3.24. The first-order chi connectivity index (χ1) is 12.0. The quantitative estimate of drug-likeness (QED) is 0.726. The fourth-order valence-corrected chi connectivity index (χ4v) is 7.18. The number of alkyl halides is 3. The lowest BCUT2D eigenvalue weighted by molar-refractivity contribution is -0.0893. The number of likely N-dealkylation sites (tertiary alicyclic amines) is 1. The third-order valence-corrected chi connectivity index (χ3v) is 8.59. The highest BCUT2D eigenvalue weighted by atomic mass is 32.2. The van der Waals surface area contributed by atoms with Gasteiger partial charge in [0.2, 0.25) is 0 Å². The van der Waals surface area contributed by atoms with Gasteiger partial charge in [0.15, 0.2) is 9.84 Å². The topological polar surface area (TPSA) is 46.6 Å². The molecule has 4 nitrogen and oxygen atoms in total. The summed E-state index contributed by atoms with van der Waals surface area (Å²) in [5.41, 5.74) is -1.09. The minimum absolute atomic E-state index is 0.0735. The molecule has 0 N–H and O–H groups in total. The van der Waals surface area contributed by atoms with E-state index in [1.807, 2.05) is 6.92 Å². The number of nitrogens with zero attached hydrogens (tertiary/aromatic N) is 1. The molecule has 1 aliphatic carbocycles. The summed E-state index contributed by atoms with van der Waals surface area (Å²) in [6.07, 6.45) is 1.66. The van der Waals surface area contributed by atoms with Gasteiger partial charge >= 0.3 is 6.18 Å². The van der Waals surface area contributed by atoms with Crippen molar-refractivity contribution >= 4 is 9.84 Å². The molecule has 26 heavy (non-hydrogen) atoms. The summed E-state index contributed by atoms with van der Waals surface area (Å²) in [6, 6.07) is 0.223. The van der Waals surface area contributed by atoms with E-state index in [1.54, 1.807) is 6.08 Å². The maximum atomic E-state index is 12.8. The van der Waals surface area contributed by atoms with E-state index in [4.69, 9.17) is 4.74 Å². The SMILES string of the molecule is CC1([C@@H]2C[C@@H](N3CCC4(C3)CS(=O)(=O)C4)CO2)C=CC(C(F)(F)F)=CC1. The Hall–Kier alpha value is -0.860. The van der Waals surface area contributed by atoms with Gasteiger partial charge < -0.3 is 4.74 Å². The first kappa shape index (κ1) is 18.5. The molecule has 0 aromatic heterocycles. The molecule has 8 heteroatoms. The van der Waals surface area contributed by atoms with Gasteiger partial charge in [-0.05, 0) is 25.8 Å². The van der Waals surface area contributed by atoms with Gasteiger partial charge in [0, 0.05) is 23.4 Å². The zero-order chi connectivity index (χ0) is 18.8. The summed E-state index contributed by atoms with van der Waals surface area (Å²) in [6.45, 7) is 4.18. The molecule has 0 bridgehead atoms. The Morgan fingerprint density at radius 3 is 2.62 bits per heavy atom. The van der Waals surface area contributed by atoms with E-state index in [2.05, 4.69) is 4.90 Å². The minimum atomic E-state index is -4.30. The molecule has 0 radical (unpaired) electrons. The number of hydrogen-bond donors (Lipinski definition) is 0. The second-order valence-electron chi connectivity index (χ2n) is 8.66. The van der Waals surface area contributed by atoms with Crippen molar-refractivity contribution in [2.45, 2.75) is 44.5 Å². The van der Waals surface area contributed by atoms with Crippen molar-refractivity contribution in [3.05, 3.63) is 23.8 Å². The Morgan fingerprint density at radius 1 is 1.31 bits per heavy atom. The second-order valence-corrected chi connectivity index (χ2v) is 10.7. The Bertz CT molecular complexity index is 746. The largest absolute Gasteiger partial charge is 0.416 e. The molecule has 0 saturated carbocycles. The molecule has 1 unspecified atom stereocenters. The molecule has 3 atom stereocenters. The van der Waals surface area contributed by atoms with Crippen LogP contribution in [0.3, 0.4) is 0 Å². The van der Waals surface area contributed by atoms with Gasteiger partial charge in [-0.15, -0.1) is 0 Å². The lowest BCUT2D eigenvalue weighted by atomic mass is 9.76. The van der Waals surface area contributed by atoms with Crippen molar-refractivity contribution in [1.82, 2.24) is 4.90 Å². The summed E-state index contributed by atoms with van der Waals surface area (Å²) in [5, 5.41) is 0. The van der Waals surface area contributed by atoms with Gasteiger partial charge in [-0.2, -0.15) is 13.2 Å². The number of sulfone groups is 1. The molecule has 4 rings (SSSR count). The molecule has 4 aliphatic rings. The molecule has 3 fully saturated rings. The standard InChI is InChI=1S/C18H24F3NO3S/c1-16(4-2-13(3-5-16)18(19,20)21)15-8-14(9-25-15)22-7-6-17(10-22)11-26(23,24)12-17/h2-4,14-15H,5-12H2,1H3/t14-,15+,16?/m1/s1. The summed E-state index contributed by atoms with van der Waals surface area (Å²) in [7, 11) is -2.84. The summed E-state index contributed by atoms with van der Waals surface area (Å²) >= 11 is 0. The van der Waals surface area contributed by atoms with Crippen LogP contribution in [0.25, 0.3) is 0 Å². The number of halogens is 3. The molecular weight excluding hydrogens is 367 g/mol. The molecule has 0 aromatic rings. The van der Waals surface area contributed by atoms with Crippen LogP contribution in [0.4, 0.5) is 13.2 Å². The van der Waals surface area contributed by atoms with Crippen LogP contribution < -0.4 is 0 Å². The van der Waals surface area contributed by atoms with Crippen LogP contribution in [0.15, 0.2) is 23.8 Å². The number of allylic oxidation sites excluding steroid dienone is 3. The van der Waals surface area contributed by atoms with Crippen LogP contribution in [0, 0.1) is 10.8 Å². The van der Waals surface area contributed by atoms with E-state index in [9.17, 15) is 21.6 Å². The number of ether oxygens (including phenoxy) is 1. The zero-order valence-electron chi connectivity index (χ0n) is 14.8. The van der Waals surface area contributed by atoms with E-state index in [1.165, 1.54) is 12.2 Å². The molecule has 3 saturated heterocycles. The van der Waals surface area contributed by atoms with E-state index in [-0.39, 0.29) is 17.6 Å². The molecular formula is C18H24F3NO3S. The van der Waals surface area contributed by atoms with Crippen molar-refractivity contribution in [3.8, 4) is 0 Å². The third-order valence-electron chi connectivity index (χ3n) is 6.48. The van der Waals surface area contributed by atoms with E-state index < -0.39 is 27.0 Å². The molecule has 1 spiro atoms. The van der Waals surface area contributed by atoms with Crippen LogP contribution >= 0.6 is 0 Å². The van der Waals surface area contributed by atoms with Gasteiger partial charge in [-0.1, -0.05) is 25.2 Å². The fraction of sp³-hybridized carbons (Fsp3) is 0.778. The average Bonchev–Trinajstić information content (AvgIpc) is 3.13. The highest BCUT2D eigenvalue weighted by molar-refractivity contribution is 7.92. The Balaban J connectivity index is 1.36. The highest BCUT2D eigenvalue weighted by Gasteiger charge is 2.54. The Morgan fingerprint density at radius 2 is 2.04 bits per heavy atom. The smallest absolute Gasteiger partial charge is 0.376 e. The van der Waals surface area contributed by atoms with Crippen molar-refractivity contribution in [2.75, 3.05) is 31.2 Å². The van der Waals surface area contributed by atoms with Crippen LogP contribution in [-0.4, -0.2) is 62.8 Å². The molecule has 0 amide bonds. The van der Waals surface area contributed by atoms with E-state index in [0.29, 0.717) is 24.5 Å². The summed E-state index contributed by atoms with van der Waals surface area (Å²) in [4.78, 5) is 2.32. The summed E-state index contributed by atoms with van der Waals surface area (Å²) < 4.78 is 67.5. The Labute approximate surface area is 152 Å². The van der Waals surface area contributed by atoms with Crippen LogP contribution in [0.2, 0.25) is 0 Å². The summed E-state index contributed by atoms with van der Waals surface area (Å²) in [5.74, 6) is 0.581. The molecule has 3 aliphatic heterocycles. The second kappa shape index (κ2) is 5.82. The highest BCUT2D eigenvalue weighted by Crippen LogP contribution is 2.46. The van der Waals surface area contributed by atoms with Crippen LogP contribution in [0.1, 0.15) is 26.2 Å². The minimum Gasteiger partial charge on any atom is -0.376 e. The van der Waals surface area contributed by atoms with Crippen molar-refractivity contribution in [1.29, 1.82) is 0 Å². The average molecular weight is 391 g/mol. The maximum Gasteiger partial charge on any atom is 0.416 e. The predicted octanol–water partition coefficient (Wildman–Crippen LogP) is 2.72. The fourth-order valence-electron chi connectivity index (χ4n) is 4.93. The first-order valence-electron chi connectivity index (χ1n) is 9.03. The van der Waals surface area contributed by atoms with Gasteiger partial charge in [-0.25, -0.2) is 8.42 Å². The van der Waals surface area contributed by atoms with Crippen molar-refractivity contribution < 1.29 is 26.3 Å². The molecule has 0 aromatic carbocycles. The first-order valence-corrected chi connectivity index (χ1v) is 10.9. The van der Waals surface area contributed by atoms with Gasteiger partial charge in [0.05, 0.1) is 29.8 Å². The van der Waals surface area contributed by atoms with Gasteiger partial charge in [-0.3, -0.25) is 4.90 Å². The van der Waals surface area contributed by atoms with E-state index >= 15 is 0 Å². The normalized spacial score (nSPS) is 39.2. The van der Waals surface area contributed by atoms with Crippen LogP contribution in [0.5, 0.6) is 0 Å². The van der Waals surface area contributed by atoms with Crippen molar-refractivity contribution in [2.24, 2.45) is 10.8 Å². The Kier molecular flexibility index (Phi) is 4.14. The van der Waals surface area contributed by atoms with Gasteiger partial charge in [0.25, 0.3) is 0 Å². The van der Waals surface area contributed by atoms with Gasteiger partial charge in [0.1, 0.15) is 0 Å². The zero-order valence-corrected chi connectivity index (χ0v) is 15.6. The maximum absolute atomic E-state index is 12.8. The monoisotopic (exact) mass is 391 g/mol. The molecule has 146 valence electrons. The van der Waals surface area contributed by atoms with Crippen LogP contribution in [-0.2, 0) is 14.6 Å². The lowest BCUT2D eigenvalue weighted by Gasteiger charge is -2.38.